The van der Waals surface area contributed by atoms with Gasteiger partial charge < -0.3 is 18.9 Å². The van der Waals surface area contributed by atoms with Crippen LogP contribution in [0.3, 0.4) is 0 Å². The largest absolute Gasteiger partial charge is 0.493 e. The lowest BCUT2D eigenvalue weighted by Crippen LogP contribution is -2.16. The lowest BCUT2D eigenvalue weighted by molar-refractivity contribution is 0.305. The molecule has 0 spiro atoms. The van der Waals surface area contributed by atoms with Gasteiger partial charge in [-0.05, 0) is 145 Å². The summed E-state index contributed by atoms with van der Waals surface area (Å²) in [5, 5.41) is 5.42. The van der Waals surface area contributed by atoms with Gasteiger partial charge in [-0.1, -0.05) is 125 Å². The molecule has 7 rings (SSSR count). The first-order valence-corrected chi connectivity index (χ1v) is 25.6. The van der Waals surface area contributed by atoms with Gasteiger partial charge in [-0.3, -0.25) is 0 Å². The molecular formula is C54H62O4P2. The monoisotopic (exact) mass is 836 g/mol. The first-order chi connectivity index (χ1) is 29.4. The molecule has 4 nitrogen and oxygen atoms in total. The lowest BCUT2D eigenvalue weighted by Gasteiger charge is -2.25. The minimum Gasteiger partial charge on any atom is -0.493 e. The molecule has 0 fully saturated rings. The highest BCUT2D eigenvalue weighted by atomic mass is 31.1. The van der Waals surface area contributed by atoms with Crippen LogP contribution in [0.25, 0.3) is 0 Å². The molecule has 2 atom stereocenters. The number of hydrogen-bond acceptors (Lipinski definition) is 4. The van der Waals surface area contributed by atoms with Crippen molar-refractivity contribution in [1.82, 2.24) is 0 Å². The van der Waals surface area contributed by atoms with Crippen LogP contribution in [-0.4, -0.2) is 39.8 Å². The second-order valence-corrected chi connectivity index (χ2v) is 20.2. The molecule has 6 heteroatoms. The van der Waals surface area contributed by atoms with Gasteiger partial charge in [0.25, 0.3) is 0 Å². The van der Waals surface area contributed by atoms with E-state index in [1.165, 1.54) is 65.7 Å². The summed E-state index contributed by atoms with van der Waals surface area (Å²) >= 11 is 0. The Labute approximate surface area is 362 Å². The number of hydrogen-bond donors (Lipinski definition) is 0. The van der Waals surface area contributed by atoms with Crippen molar-refractivity contribution in [3.05, 3.63) is 166 Å². The first kappa shape index (κ1) is 43.5. The van der Waals surface area contributed by atoms with E-state index in [9.17, 15) is 0 Å². The fourth-order valence-corrected chi connectivity index (χ4v) is 11.4. The minimum absolute atomic E-state index is 0.618. The van der Waals surface area contributed by atoms with E-state index in [0.717, 1.165) is 48.7 Å². The fourth-order valence-electron chi connectivity index (χ4n) is 8.20. The van der Waals surface area contributed by atoms with Crippen molar-refractivity contribution in [1.29, 1.82) is 0 Å². The van der Waals surface area contributed by atoms with Crippen molar-refractivity contribution in [2.24, 2.45) is 0 Å². The summed E-state index contributed by atoms with van der Waals surface area (Å²) in [4.78, 5) is 0. The summed E-state index contributed by atoms with van der Waals surface area (Å²) in [6.45, 7) is 16.1. The van der Waals surface area contributed by atoms with Crippen LogP contribution in [0.2, 0.25) is 0 Å². The van der Waals surface area contributed by atoms with Crippen molar-refractivity contribution in [3.63, 3.8) is 0 Å². The maximum Gasteiger partial charge on any atom is 0.126 e. The maximum absolute atomic E-state index is 6.86. The van der Waals surface area contributed by atoms with E-state index in [2.05, 4.69) is 162 Å². The molecule has 6 aromatic rings. The van der Waals surface area contributed by atoms with Crippen LogP contribution in [0.15, 0.2) is 121 Å². The van der Waals surface area contributed by atoms with Crippen LogP contribution >= 0.6 is 15.8 Å². The standard InChI is InChI=1S/C54H62O4P2/c1-7-27-55-51-39-19-17-20-40(51)32-44-36-50(60(6)48-25-15-12-16-26-48)38-46(54(44)58-30-10-4)34-42-22-18-21-41(52(42)56-28-8-2)33-45-37-49(59(5)47-23-13-11-14-24-47)35-43(31-39)53(45)57-29-9-3/h11-26,35-38H,7-10,27-34H2,1-6H3. The van der Waals surface area contributed by atoms with E-state index in [-0.39, 0.29) is 0 Å². The Morgan fingerprint density at radius 1 is 0.333 bits per heavy atom. The number of ether oxygens (including phenoxy) is 4. The summed E-state index contributed by atoms with van der Waals surface area (Å²) in [5.74, 6) is 3.95. The molecule has 0 aromatic heterocycles. The Morgan fingerprint density at radius 3 is 0.867 bits per heavy atom. The lowest BCUT2D eigenvalue weighted by atomic mass is 9.91. The highest BCUT2D eigenvalue weighted by Gasteiger charge is 2.25. The van der Waals surface area contributed by atoms with Gasteiger partial charge in [0.1, 0.15) is 23.0 Å². The maximum atomic E-state index is 6.86. The quantitative estimate of drug-likeness (QED) is 0.0909. The Kier molecular flexibility index (Phi) is 15.4. The normalized spacial score (nSPS) is 13.3. The third-order valence-electron chi connectivity index (χ3n) is 11.2. The Morgan fingerprint density at radius 2 is 0.600 bits per heavy atom. The second kappa shape index (κ2) is 21.3. The summed E-state index contributed by atoms with van der Waals surface area (Å²) in [5.41, 5.74) is 9.54. The van der Waals surface area contributed by atoms with Gasteiger partial charge in [0.15, 0.2) is 0 Å². The minimum atomic E-state index is -0.618. The van der Waals surface area contributed by atoms with Gasteiger partial charge in [0, 0.05) is 25.7 Å². The molecule has 6 aromatic carbocycles. The van der Waals surface area contributed by atoms with E-state index in [1.54, 1.807) is 0 Å². The fraction of sp³-hybridized carbons (Fsp3) is 0.333. The van der Waals surface area contributed by atoms with Gasteiger partial charge in [-0.2, -0.15) is 0 Å². The van der Waals surface area contributed by atoms with Gasteiger partial charge in [-0.15, -0.1) is 0 Å². The Bertz CT molecular complexity index is 2070. The molecule has 0 saturated heterocycles. The molecule has 0 radical (unpaired) electrons. The van der Waals surface area contributed by atoms with E-state index >= 15 is 0 Å². The van der Waals surface area contributed by atoms with Crippen LogP contribution in [0.5, 0.6) is 23.0 Å². The highest BCUT2D eigenvalue weighted by Crippen LogP contribution is 2.42. The van der Waals surface area contributed by atoms with Crippen LogP contribution < -0.4 is 40.2 Å². The Balaban J connectivity index is 1.51. The smallest absolute Gasteiger partial charge is 0.126 e. The topological polar surface area (TPSA) is 36.9 Å². The third kappa shape index (κ3) is 10.3. The molecule has 0 N–H and O–H groups in total. The molecule has 1 aliphatic carbocycles. The summed E-state index contributed by atoms with van der Waals surface area (Å²) in [7, 11) is -1.24. The average Bonchev–Trinajstić information content (AvgIpc) is 3.27. The van der Waals surface area contributed by atoms with Crippen LogP contribution in [-0.2, 0) is 25.7 Å². The van der Waals surface area contributed by atoms with Crippen molar-refractivity contribution < 1.29 is 18.9 Å². The van der Waals surface area contributed by atoms with Gasteiger partial charge in [-0.25, -0.2) is 0 Å². The van der Waals surface area contributed by atoms with E-state index in [4.69, 9.17) is 18.9 Å². The number of benzene rings is 6. The van der Waals surface area contributed by atoms with Crippen molar-refractivity contribution in [3.8, 4) is 23.0 Å². The first-order valence-electron chi connectivity index (χ1n) is 22.0. The molecule has 0 amide bonds. The molecule has 0 saturated carbocycles. The third-order valence-corrected chi connectivity index (χ3v) is 15.4. The zero-order valence-electron chi connectivity index (χ0n) is 36.6. The molecule has 60 heavy (non-hydrogen) atoms. The average molecular weight is 837 g/mol. The Hall–Kier alpha value is -4.62. The van der Waals surface area contributed by atoms with Crippen LogP contribution in [0.4, 0.5) is 0 Å². The number of rotatable bonds is 16. The van der Waals surface area contributed by atoms with Gasteiger partial charge >= 0.3 is 0 Å². The second-order valence-electron chi connectivity index (χ2n) is 15.9. The molecule has 312 valence electrons. The highest BCUT2D eigenvalue weighted by molar-refractivity contribution is 7.72. The van der Waals surface area contributed by atoms with E-state index in [0.29, 0.717) is 52.1 Å². The van der Waals surface area contributed by atoms with Crippen LogP contribution in [0.1, 0.15) is 97.9 Å². The van der Waals surface area contributed by atoms with Crippen molar-refractivity contribution in [2.45, 2.75) is 79.1 Å². The van der Waals surface area contributed by atoms with Gasteiger partial charge in [0.2, 0.25) is 0 Å². The molecule has 2 unspecified atom stereocenters. The number of fused-ring (bicyclic) bond motifs is 8. The van der Waals surface area contributed by atoms with Crippen molar-refractivity contribution in [2.75, 3.05) is 39.8 Å². The molecule has 0 aliphatic heterocycles. The van der Waals surface area contributed by atoms with E-state index in [1.807, 2.05) is 0 Å². The molecule has 0 heterocycles. The van der Waals surface area contributed by atoms with Gasteiger partial charge in [0.05, 0.1) is 26.4 Å². The summed E-state index contributed by atoms with van der Waals surface area (Å²) in [6, 6.07) is 45.1. The zero-order chi connectivity index (χ0) is 41.8. The predicted molar refractivity (Wildman–Crippen MR) is 257 cm³/mol. The van der Waals surface area contributed by atoms with E-state index < -0.39 is 15.8 Å². The summed E-state index contributed by atoms with van der Waals surface area (Å²) in [6.07, 6.45) is 6.50. The zero-order valence-corrected chi connectivity index (χ0v) is 38.3. The number of para-hydroxylation sites is 2. The summed E-state index contributed by atoms with van der Waals surface area (Å²) < 4.78 is 27.4. The van der Waals surface area contributed by atoms with Crippen LogP contribution in [0, 0.1) is 0 Å². The van der Waals surface area contributed by atoms with Crippen molar-refractivity contribution >= 4 is 37.1 Å². The molecule has 8 bridgehead atoms. The SMILES string of the molecule is CCCOc1c2cccc1Cc1cc(P(C)c3ccccc3)cc(c1OCCC)Cc1cccc(c1OCCC)Cc1cc(P(C)c3ccccc3)cc(c1OCCC)C2. The predicted octanol–water partition coefficient (Wildman–Crippen LogP) is 11.6. The molecular weight excluding hydrogens is 775 g/mol. The molecule has 1 aliphatic rings.